The van der Waals surface area contributed by atoms with Gasteiger partial charge in [-0.3, -0.25) is 0 Å². The highest BCUT2D eigenvalue weighted by Crippen LogP contribution is 2.24. The monoisotopic (exact) mass is 182 g/mol. The van der Waals surface area contributed by atoms with Gasteiger partial charge in [0, 0.05) is 4.88 Å². The van der Waals surface area contributed by atoms with Crippen molar-refractivity contribution in [1.82, 2.24) is 0 Å². The fraction of sp³-hybridized carbons (Fsp3) is 0.636. The highest BCUT2D eigenvalue weighted by atomic mass is 32.1. The molecule has 0 aliphatic rings. The van der Waals surface area contributed by atoms with Crippen molar-refractivity contribution in [1.29, 1.82) is 0 Å². The summed E-state index contributed by atoms with van der Waals surface area (Å²) in [4.78, 5) is 1.51. The second kappa shape index (κ2) is 3.61. The highest BCUT2D eigenvalue weighted by Gasteiger charge is 2.11. The lowest BCUT2D eigenvalue weighted by Crippen LogP contribution is -2.08. The van der Waals surface area contributed by atoms with Gasteiger partial charge in [-0.15, -0.1) is 11.3 Å². The zero-order chi connectivity index (χ0) is 9.19. The van der Waals surface area contributed by atoms with Crippen molar-refractivity contribution < 1.29 is 0 Å². The summed E-state index contributed by atoms with van der Waals surface area (Å²) in [5.74, 6) is 0. The molecule has 0 unspecified atom stereocenters. The Bertz CT molecular complexity index is 240. The zero-order valence-corrected chi connectivity index (χ0v) is 9.29. The highest BCUT2D eigenvalue weighted by molar-refractivity contribution is 7.10. The van der Waals surface area contributed by atoms with E-state index in [-0.39, 0.29) is 0 Å². The Morgan fingerprint density at radius 3 is 2.42 bits per heavy atom. The van der Waals surface area contributed by atoms with Crippen LogP contribution in [0.25, 0.3) is 0 Å². The Kier molecular flexibility index (Phi) is 2.94. The number of aryl methyl sites for hydroxylation is 1. The predicted octanol–water partition coefficient (Wildman–Crippen LogP) is 3.90. The van der Waals surface area contributed by atoms with Gasteiger partial charge in [-0.1, -0.05) is 27.7 Å². The predicted molar refractivity (Wildman–Crippen MR) is 56.9 cm³/mol. The fourth-order valence-electron chi connectivity index (χ4n) is 1.32. The number of rotatable bonds is 2. The maximum absolute atomic E-state index is 2.34. The van der Waals surface area contributed by atoms with Crippen LogP contribution in [-0.4, -0.2) is 0 Å². The van der Waals surface area contributed by atoms with Gasteiger partial charge in [0.25, 0.3) is 0 Å². The molecule has 68 valence electrons. The quantitative estimate of drug-likeness (QED) is 0.650. The summed E-state index contributed by atoms with van der Waals surface area (Å²) < 4.78 is 0. The molecule has 0 aromatic carbocycles. The summed E-state index contributed by atoms with van der Waals surface area (Å²) in [7, 11) is 0. The molecule has 0 aliphatic heterocycles. The van der Waals surface area contributed by atoms with E-state index in [2.05, 4.69) is 39.1 Å². The van der Waals surface area contributed by atoms with Crippen molar-refractivity contribution in [3.63, 3.8) is 0 Å². The Hall–Kier alpha value is -0.300. The van der Waals surface area contributed by atoms with E-state index >= 15 is 0 Å². The smallest absolute Gasteiger partial charge is 0.00453 e. The van der Waals surface area contributed by atoms with E-state index in [9.17, 15) is 0 Å². The number of hydrogen-bond acceptors (Lipinski definition) is 1. The number of hydrogen-bond donors (Lipinski definition) is 0. The third-order valence-corrected chi connectivity index (χ3v) is 2.92. The van der Waals surface area contributed by atoms with Gasteiger partial charge in [0.05, 0.1) is 0 Å². The Labute approximate surface area is 79.6 Å². The summed E-state index contributed by atoms with van der Waals surface area (Å²) in [6.45, 7) is 9.08. The molecular formula is C11H18S. The first kappa shape index (κ1) is 9.79. The molecule has 1 heteroatoms. The maximum Gasteiger partial charge on any atom is 0.00453 e. The molecule has 1 rings (SSSR count). The van der Waals surface area contributed by atoms with Gasteiger partial charge < -0.3 is 0 Å². The summed E-state index contributed by atoms with van der Waals surface area (Å²) in [6.07, 6.45) is 2.37. The molecule has 0 amide bonds. The van der Waals surface area contributed by atoms with Gasteiger partial charge in [-0.2, -0.15) is 0 Å². The van der Waals surface area contributed by atoms with Crippen molar-refractivity contribution in [2.75, 3.05) is 0 Å². The molecule has 1 aromatic heterocycles. The summed E-state index contributed by atoms with van der Waals surface area (Å²) >= 11 is 1.89. The molecule has 0 bridgehead atoms. The average Bonchev–Trinajstić information content (AvgIpc) is 2.32. The van der Waals surface area contributed by atoms with Crippen LogP contribution in [0.15, 0.2) is 11.4 Å². The third-order valence-electron chi connectivity index (χ3n) is 1.79. The lowest BCUT2D eigenvalue weighted by molar-refractivity contribution is 0.412. The van der Waals surface area contributed by atoms with Crippen LogP contribution in [0.1, 0.15) is 38.1 Å². The van der Waals surface area contributed by atoms with Crippen LogP contribution in [0.4, 0.5) is 0 Å². The van der Waals surface area contributed by atoms with E-state index in [1.54, 1.807) is 0 Å². The zero-order valence-electron chi connectivity index (χ0n) is 8.48. The van der Waals surface area contributed by atoms with E-state index in [1.807, 2.05) is 11.3 Å². The van der Waals surface area contributed by atoms with Crippen molar-refractivity contribution in [3.05, 3.63) is 21.9 Å². The Balaban J connectivity index is 2.64. The lowest BCUT2D eigenvalue weighted by Gasteiger charge is -2.16. The molecule has 0 fully saturated rings. The van der Waals surface area contributed by atoms with E-state index < -0.39 is 0 Å². The van der Waals surface area contributed by atoms with Crippen LogP contribution in [0.3, 0.4) is 0 Å². The van der Waals surface area contributed by atoms with Crippen LogP contribution in [0.2, 0.25) is 0 Å². The third kappa shape index (κ3) is 2.98. The molecule has 0 saturated heterocycles. The standard InChI is InChI=1S/C11H18S/c1-5-10-6-9(8-12-10)7-11(2,3)4/h6,8H,5,7H2,1-4H3. The van der Waals surface area contributed by atoms with Gasteiger partial charge in [-0.05, 0) is 35.3 Å². The second-order valence-electron chi connectivity index (χ2n) is 4.51. The first-order valence-electron chi connectivity index (χ1n) is 4.57. The molecule has 0 N–H and O–H groups in total. The SMILES string of the molecule is CCc1cc(CC(C)(C)C)cs1. The minimum absolute atomic E-state index is 0.423. The number of thiophene rings is 1. The summed E-state index contributed by atoms with van der Waals surface area (Å²) in [5, 5.41) is 2.30. The van der Waals surface area contributed by atoms with Gasteiger partial charge in [0.15, 0.2) is 0 Å². The van der Waals surface area contributed by atoms with Crippen molar-refractivity contribution in [2.24, 2.45) is 5.41 Å². The van der Waals surface area contributed by atoms with Crippen LogP contribution in [0.5, 0.6) is 0 Å². The maximum atomic E-state index is 2.34. The first-order valence-corrected chi connectivity index (χ1v) is 5.45. The second-order valence-corrected chi connectivity index (χ2v) is 5.51. The van der Waals surface area contributed by atoms with Crippen LogP contribution in [0, 0.1) is 5.41 Å². The molecule has 1 heterocycles. The van der Waals surface area contributed by atoms with Crippen LogP contribution >= 0.6 is 11.3 Å². The Morgan fingerprint density at radius 1 is 1.33 bits per heavy atom. The largest absolute Gasteiger partial charge is 0.149 e. The molecule has 0 radical (unpaired) electrons. The van der Waals surface area contributed by atoms with E-state index in [0.29, 0.717) is 5.41 Å². The van der Waals surface area contributed by atoms with Gasteiger partial charge in [-0.25, -0.2) is 0 Å². The van der Waals surface area contributed by atoms with Crippen molar-refractivity contribution >= 4 is 11.3 Å². The molecular weight excluding hydrogens is 164 g/mol. The molecule has 0 spiro atoms. The van der Waals surface area contributed by atoms with E-state index in [1.165, 1.54) is 23.3 Å². The molecule has 0 atom stereocenters. The molecule has 0 aliphatic carbocycles. The molecule has 12 heavy (non-hydrogen) atoms. The van der Waals surface area contributed by atoms with Gasteiger partial charge in [0.2, 0.25) is 0 Å². The van der Waals surface area contributed by atoms with E-state index in [0.717, 1.165) is 0 Å². The van der Waals surface area contributed by atoms with Crippen molar-refractivity contribution in [2.45, 2.75) is 40.5 Å². The molecule has 0 saturated carbocycles. The van der Waals surface area contributed by atoms with Crippen LogP contribution in [-0.2, 0) is 12.8 Å². The minimum atomic E-state index is 0.423. The van der Waals surface area contributed by atoms with Crippen LogP contribution < -0.4 is 0 Å². The Morgan fingerprint density at radius 2 is 2.00 bits per heavy atom. The minimum Gasteiger partial charge on any atom is -0.149 e. The average molecular weight is 182 g/mol. The first-order chi connectivity index (χ1) is 5.51. The topological polar surface area (TPSA) is 0 Å². The molecule has 1 aromatic rings. The molecule has 0 nitrogen and oxygen atoms in total. The summed E-state index contributed by atoms with van der Waals surface area (Å²) in [5.41, 5.74) is 1.93. The summed E-state index contributed by atoms with van der Waals surface area (Å²) in [6, 6.07) is 2.34. The van der Waals surface area contributed by atoms with Gasteiger partial charge >= 0.3 is 0 Å². The lowest BCUT2D eigenvalue weighted by atomic mass is 9.89. The fourth-order valence-corrected chi connectivity index (χ4v) is 2.16. The normalized spacial score (nSPS) is 12.0. The van der Waals surface area contributed by atoms with Crippen molar-refractivity contribution in [3.8, 4) is 0 Å². The van der Waals surface area contributed by atoms with E-state index in [4.69, 9.17) is 0 Å². The van der Waals surface area contributed by atoms with Gasteiger partial charge in [0.1, 0.15) is 0 Å².